The zero-order valence-corrected chi connectivity index (χ0v) is 13.8. The molecular formula is C15H25N3O2S. The van der Waals surface area contributed by atoms with Crippen molar-refractivity contribution in [3.63, 3.8) is 0 Å². The smallest absolute Gasteiger partial charge is 0.243 e. The Balaban J connectivity index is 2.16. The molecule has 0 radical (unpaired) electrons. The Morgan fingerprint density at radius 3 is 2.43 bits per heavy atom. The molecule has 0 amide bonds. The average molecular weight is 311 g/mol. The molecule has 1 aliphatic rings. The van der Waals surface area contributed by atoms with Crippen LogP contribution in [0.25, 0.3) is 0 Å². The van der Waals surface area contributed by atoms with Crippen LogP contribution in [-0.2, 0) is 16.6 Å². The van der Waals surface area contributed by atoms with E-state index in [2.05, 4.69) is 4.90 Å². The first kappa shape index (κ1) is 16.4. The summed E-state index contributed by atoms with van der Waals surface area (Å²) in [5.41, 5.74) is 7.07. The van der Waals surface area contributed by atoms with Crippen LogP contribution in [0.5, 0.6) is 0 Å². The lowest BCUT2D eigenvalue weighted by Gasteiger charge is -2.34. The van der Waals surface area contributed by atoms with Crippen LogP contribution >= 0.6 is 0 Å². The van der Waals surface area contributed by atoms with Gasteiger partial charge in [-0.05, 0) is 44.1 Å². The largest absolute Gasteiger partial charge is 0.327 e. The molecule has 1 heterocycles. The summed E-state index contributed by atoms with van der Waals surface area (Å²) in [6.07, 6.45) is 0.721. The van der Waals surface area contributed by atoms with E-state index < -0.39 is 10.0 Å². The first-order valence-electron chi connectivity index (χ1n) is 7.30. The maximum Gasteiger partial charge on any atom is 0.243 e. The summed E-state index contributed by atoms with van der Waals surface area (Å²) in [6.45, 7) is 3.82. The number of rotatable bonds is 4. The molecule has 1 saturated heterocycles. The Hall–Kier alpha value is -0.950. The fraction of sp³-hybridized carbons (Fsp3) is 0.600. The van der Waals surface area contributed by atoms with Crippen LogP contribution in [-0.4, -0.2) is 50.8 Å². The average Bonchev–Trinajstić information content (AvgIpc) is 2.41. The van der Waals surface area contributed by atoms with Crippen molar-refractivity contribution in [3.8, 4) is 0 Å². The molecule has 118 valence electrons. The van der Waals surface area contributed by atoms with Gasteiger partial charge in [0.25, 0.3) is 0 Å². The monoisotopic (exact) mass is 311 g/mol. The molecule has 2 unspecified atom stereocenters. The van der Waals surface area contributed by atoms with Crippen molar-refractivity contribution in [3.05, 3.63) is 29.8 Å². The molecule has 2 atom stereocenters. The summed E-state index contributed by atoms with van der Waals surface area (Å²) in [4.78, 5) is 2.42. The highest BCUT2D eigenvalue weighted by Crippen LogP contribution is 2.23. The summed E-state index contributed by atoms with van der Waals surface area (Å²) in [5.74, 6) is 0.196. The Morgan fingerprint density at radius 1 is 1.29 bits per heavy atom. The zero-order valence-electron chi connectivity index (χ0n) is 13.0. The summed E-state index contributed by atoms with van der Waals surface area (Å²) in [5, 5.41) is 0. The molecule has 5 nitrogen and oxygen atoms in total. The second-order valence-corrected chi connectivity index (χ2v) is 8.11. The molecule has 1 fully saturated rings. The molecule has 0 bridgehead atoms. The van der Waals surface area contributed by atoms with E-state index in [0.717, 1.165) is 18.5 Å². The number of hydrogen-bond donors (Lipinski definition) is 1. The lowest BCUT2D eigenvalue weighted by Crippen LogP contribution is -2.48. The van der Waals surface area contributed by atoms with Crippen LogP contribution in [0.3, 0.4) is 0 Å². The summed E-state index contributed by atoms with van der Waals surface area (Å²) >= 11 is 0. The molecule has 1 aliphatic heterocycles. The number of benzene rings is 1. The first-order chi connectivity index (χ1) is 9.80. The van der Waals surface area contributed by atoms with Crippen LogP contribution in [0.15, 0.2) is 29.2 Å². The lowest BCUT2D eigenvalue weighted by molar-refractivity contribution is 0.250. The summed E-state index contributed by atoms with van der Waals surface area (Å²) in [7, 11) is 0.579. The maximum atomic E-state index is 12.6. The third kappa shape index (κ3) is 3.83. The van der Waals surface area contributed by atoms with Gasteiger partial charge in [0.1, 0.15) is 0 Å². The number of nitrogens with two attached hydrogens (primary N) is 1. The predicted molar refractivity (Wildman–Crippen MR) is 84.3 cm³/mol. The highest BCUT2D eigenvalue weighted by molar-refractivity contribution is 7.89. The van der Waals surface area contributed by atoms with Crippen molar-refractivity contribution in [1.82, 2.24) is 9.21 Å². The predicted octanol–water partition coefficient (Wildman–Crippen LogP) is 1.11. The number of hydrogen-bond acceptors (Lipinski definition) is 4. The second kappa shape index (κ2) is 6.44. The van der Waals surface area contributed by atoms with Gasteiger partial charge in [-0.3, -0.25) is 0 Å². The van der Waals surface area contributed by atoms with E-state index in [9.17, 15) is 8.42 Å². The minimum atomic E-state index is -3.40. The van der Waals surface area contributed by atoms with E-state index in [1.807, 2.05) is 33.2 Å². The molecule has 1 aromatic rings. The van der Waals surface area contributed by atoms with Crippen molar-refractivity contribution in [2.24, 2.45) is 11.7 Å². The highest BCUT2D eigenvalue weighted by atomic mass is 32.2. The van der Waals surface area contributed by atoms with Crippen molar-refractivity contribution in [2.75, 3.05) is 27.2 Å². The van der Waals surface area contributed by atoms with Crippen molar-refractivity contribution >= 4 is 10.0 Å². The van der Waals surface area contributed by atoms with Gasteiger partial charge >= 0.3 is 0 Å². The Kier molecular flexibility index (Phi) is 5.03. The van der Waals surface area contributed by atoms with Gasteiger partial charge in [0, 0.05) is 25.7 Å². The van der Waals surface area contributed by atoms with Gasteiger partial charge in [-0.1, -0.05) is 19.1 Å². The molecular weight excluding hydrogens is 286 g/mol. The van der Waals surface area contributed by atoms with E-state index in [4.69, 9.17) is 5.73 Å². The van der Waals surface area contributed by atoms with E-state index in [0.29, 0.717) is 18.0 Å². The van der Waals surface area contributed by atoms with Gasteiger partial charge in [-0.15, -0.1) is 0 Å². The van der Waals surface area contributed by atoms with Gasteiger partial charge in [-0.2, -0.15) is 4.31 Å². The van der Waals surface area contributed by atoms with Gasteiger partial charge in [0.2, 0.25) is 10.0 Å². The third-order valence-corrected chi connectivity index (χ3v) is 5.87. The molecule has 0 aromatic heterocycles. The molecule has 21 heavy (non-hydrogen) atoms. The number of sulfonamides is 1. The molecule has 0 spiro atoms. The second-order valence-electron chi connectivity index (χ2n) is 6.17. The van der Waals surface area contributed by atoms with Crippen LogP contribution in [0.2, 0.25) is 0 Å². The lowest BCUT2D eigenvalue weighted by atomic mass is 9.96. The van der Waals surface area contributed by atoms with E-state index in [1.165, 1.54) is 0 Å². The summed E-state index contributed by atoms with van der Waals surface area (Å²) < 4.78 is 26.9. The van der Waals surface area contributed by atoms with Crippen LogP contribution in [0.1, 0.15) is 18.9 Å². The fourth-order valence-corrected chi connectivity index (χ4v) is 4.18. The molecule has 1 aromatic carbocycles. The van der Waals surface area contributed by atoms with E-state index in [1.54, 1.807) is 16.4 Å². The third-order valence-electron chi connectivity index (χ3n) is 3.99. The van der Waals surface area contributed by atoms with Crippen LogP contribution < -0.4 is 5.73 Å². The SMILES string of the molecule is CC1CN(S(=O)(=O)c2ccc(CN(C)C)cc2)CCC1N. The zero-order chi connectivity index (χ0) is 15.6. The van der Waals surface area contributed by atoms with Gasteiger partial charge in [-0.25, -0.2) is 8.42 Å². The van der Waals surface area contributed by atoms with E-state index >= 15 is 0 Å². The first-order valence-corrected chi connectivity index (χ1v) is 8.74. The van der Waals surface area contributed by atoms with Crippen molar-refractivity contribution in [2.45, 2.75) is 30.8 Å². The Morgan fingerprint density at radius 2 is 1.90 bits per heavy atom. The standard InChI is InChI=1S/C15H25N3O2S/c1-12-10-18(9-8-15(12)16)21(19,20)14-6-4-13(5-7-14)11-17(2)3/h4-7,12,15H,8-11,16H2,1-3H3. The molecule has 0 aliphatic carbocycles. The quantitative estimate of drug-likeness (QED) is 0.904. The normalized spacial score (nSPS) is 24.4. The van der Waals surface area contributed by atoms with Crippen molar-refractivity contribution in [1.29, 1.82) is 0 Å². The minimum Gasteiger partial charge on any atom is -0.327 e. The minimum absolute atomic E-state index is 0.0962. The van der Waals surface area contributed by atoms with Gasteiger partial charge in [0.05, 0.1) is 4.90 Å². The summed E-state index contributed by atoms with van der Waals surface area (Å²) in [6, 6.07) is 7.26. The van der Waals surface area contributed by atoms with Gasteiger partial charge in [0.15, 0.2) is 0 Å². The number of nitrogens with zero attached hydrogens (tertiary/aromatic N) is 2. The highest BCUT2D eigenvalue weighted by Gasteiger charge is 2.31. The molecule has 6 heteroatoms. The molecule has 0 saturated carbocycles. The van der Waals surface area contributed by atoms with E-state index in [-0.39, 0.29) is 12.0 Å². The maximum absolute atomic E-state index is 12.6. The Bertz CT molecular complexity index is 569. The van der Waals surface area contributed by atoms with Crippen LogP contribution in [0, 0.1) is 5.92 Å². The van der Waals surface area contributed by atoms with Gasteiger partial charge < -0.3 is 10.6 Å². The Labute approximate surface area is 127 Å². The molecule has 2 N–H and O–H groups in total. The van der Waals surface area contributed by atoms with Crippen molar-refractivity contribution < 1.29 is 8.42 Å². The van der Waals surface area contributed by atoms with Crippen LogP contribution in [0.4, 0.5) is 0 Å². The topological polar surface area (TPSA) is 66.6 Å². The molecule has 2 rings (SSSR count). The number of piperidine rings is 1. The fourth-order valence-electron chi connectivity index (χ4n) is 2.62.